The molecule has 11 nitrogen and oxygen atoms in total. The number of hydrogen-bond donors (Lipinski definition) is 2. The lowest BCUT2D eigenvalue weighted by Crippen LogP contribution is -2.39. The van der Waals surface area contributed by atoms with E-state index >= 15 is 0 Å². The Hall–Kier alpha value is -6.93. The smallest absolute Gasteiger partial charge is 0.328 e. The van der Waals surface area contributed by atoms with E-state index in [2.05, 4.69) is 64.5 Å². The second-order valence-corrected chi connectivity index (χ2v) is 14.1. The number of pyridine rings is 3. The minimum Gasteiger partial charge on any atom is -0.340 e. The van der Waals surface area contributed by atoms with Crippen LogP contribution in [0.1, 0.15) is 65.8 Å². The number of piperidine rings is 1. The zero-order chi connectivity index (χ0) is 38.4. The highest BCUT2D eigenvalue weighted by Crippen LogP contribution is 2.36. The summed E-state index contributed by atoms with van der Waals surface area (Å²) in [5.41, 5.74) is 8.04. The number of aromatic nitrogens is 5. The molecule has 3 aromatic carbocycles. The zero-order valence-electron chi connectivity index (χ0n) is 30.8. The molecule has 7 aromatic rings. The molecule has 1 atom stereocenters. The van der Waals surface area contributed by atoms with Gasteiger partial charge in [0.1, 0.15) is 5.69 Å². The molecular formula is C44H37N7O4. The minimum atomic E-state index is -0.508. The van der Waals surface area contributed by atoms with Crippen molar-refractivity contribution in [2.45, 2.75) is 38.5 Å². The Balaban J connectivity index is 0.973. The molecule has 0 saturated carbocycles. The van der Waals surface area contributed by atoms with E-state index in [0.717, 1.165) is 60.5 Å². The molecule has 2 N–H and O–H groups in total. The lowest BCUT2D eigenvalue weighted by atomic mass is 9.91. The zero-order valence-corrected chi connectivity index (χ0v) is 30.8. The van der Waals surface area contributed by atoms with Crippen molar-refractivity contribution < 1.29 is 14.4 Å². The Morgan fingerprint density at radius 1 is 0.891 bits per heavy atom. The summed E-state index contributed by atoms with van der Waals surface area (Å²) in [6, 6.07) is 23.5. The van der Waals surface area contributed by atoms with Crippen molar-refractivity contribution in [3.8, 4) is 34.2 Å². The van der Waals surface area contributed by atoms with Gasteiger partial charge in [0, 0.05) is 61.0 Å². The van der Waals surface area contributed by atoms with Crippen molar-refractivity contribution in [1.82, 2.24) is 34.7 Å². The summed E-state index contributed by atoms with van der Waals surface area (Å²) >= 11 is 0. The van der Waals surface area contributed by atoms with E-state index in [4.69, 9.17) is 4.98 Å². The molecule has 3 amide bonds. The minimum absolute atomic E-state index is 0.0520. The van der Waals surface area contributed by atoms with Crippen molar-refractivity contribution in [2.75, 3.05) is 6.54 Å². The molecule has 0 bridgehead atoms. The first-order valence-corrected chi connectivity index (χ1v) is 18.1. The Labute approximate surface area is 316 Å². The number of aryl methyl sites for hydroxylation is 2. The fourth-order valence-corrected chi connectivity index (χ4v) is 7.40. The van der Waals surface area contributed by atoms with Crippen LogP contribution in [-0.2, 0) is 23.7 Å². The normalized spacial score (nSPS) is 14.3. The number of amides is 3. The fraction of sp³-hybridized carbons (Fsp3) is 0.205. The molecule has 1 aliphatic rings. The van der Waals surface area contributed by atoms with Crippen molar-refractivity contribution in [1.29, 1.82) is 0 Å². The predicted molar refractivity (Wildman–Crippen MR) is 212 cm³/mol. The third-order valence-corrected chi connectivity index (χ3v) is 10.3. The number of imide groups is 1. The molecule has 11 heteroatoms. The van der Waals surface area contributed by atoms with Gasteiger partial charge in [-0.15, -0.1) is 0 Å². The number of imidazole rings is 1. The number of hydrogen-bond acceptors (Lipinski definition) is 7. The van der Waals surface area contributed by atoms with Gasteiger partial charge in [-0.1, -0.05) is 50.0 Å². The quantitative estimate of drug-likeness (QED) is 0.155. The summed E-state index contributed by atoms with van der Waals surface area (Å²) < 4.78 is 3.42. The van der Waals surface area contributed by atoms with E-state index in [1.165, 1.54) is 0 Å². The summed E-state index contributed by atoms with van der Waals surface area (Å²) in [5.74, 6) is 4.83. The summed E-state index contributed by atoms with van der Waals surface area (Å²) in [7, 11) is 3.63. The predicted octanol–water partition coefficient (Wildman–Crippen LogP) is 6.13. The Morgan fingerprint density at radius 2 is 1.75 bits per heavy atom. The van der Waals surface area contributed by atoms with Crippen LogP contribution < -0.4 is 16.3 Å². The average molecular weight is 728 g/mol. The second-order valence-electron chi connectivity index (χ2n) is 14.1. The van der Waals surface area contributed by atoms with Crippen LogP contribution in [0.5, 0.6) is 0 Å². The lowest BCUT2D eigenvalue weighted by molar-refractivity contribution is -0.134. The van der Waals surface area contributed by atoms with Gasteiger partial charge in [0.2, 0.25) is 11.8 Å². The number of rotatable bonds is 6. The topological polar surface area (TPSA) is 141 Å². The molecule has 5 heterocycles. The van der Waals surface area contributed by atoms with Gasteiger partial charge in [-0.25, -0.2) is 4.79 Å². The number of carbonyl (C=O) groups is 3. The maximum atomic E-state index is 12.9. The standard InChI is InChI=1S/C44H37N7O4/c1-25(2)33-20-30(22-38-41(33)51(4)44(55)50(38)3)31-9-5-8-28-21-37(48-24-35(28)31)29-12-14-36(47-23-29)43(54)46-17-6-7-26-10-11-27-16-18-45-40(34(27)19-26)32-13-15-39(52)49-42(32)53/h5,8-12,14,16,18-25,32H,13,15,17H2,1-4H3,(H,46,54)(H,49,52,53). The van der Waals surface area contributed by atoms with Crippen LogP contribution in [0.3, 0.4) is 0 Å². The molecular weight excluding hydrogens is 691 g/mol. The van der Waals surface area contributed by atoms with Crippen LogP contribution in [0.2, 0.25) is 0 Å². The maximum absolute atomic E-state index is 12.9. The van der Waals surface area contributed by atoms with E-state index in [1.807, 2.05) is 68.8 Å². The molecule has 8 rings (SSSR count). The van der Waals surface area contributed by atoms with Crippen LogP contribution in [0.4, 0.5) is 0 Å². The molecule has 0 radical (unpaired) electrons. The Bertz CT molecular complexity index is 2840. The van der Waals surface area contributed by atoms with Crippen LogP contribution in [0.25, 0.3) is 55.0 Å². The molecule has 1 fully saturated rings. The number of carbonyl (C=O) groups excluding carboxylic acids is 3. The largest absolute Gasteiger partial charge is 0.340 e. The van der Waals surface area contributed by atoms with Gasteiger partial charge in [0.15, 0.2) is 0 Å². The van der Waals surface area contributed by atoms with E-state index in [1.54, 1.807) is 27.6 Å². The van der Waals surface area contributed by atoms with E-state index < -0.39 is 5.92 Å². The van der Waals surface area contributed by atoms with Gasteiger partial charge in [-0.3, -0.25) is 43.8 Å². The Kier molecular flexibility index (Phi) is 9.03. The van der Waals surface area contributed by atoms with Crippen molar-refractivity contribution >= 4 is 50.3 Å². The van der Waals surface area contributed by atoms with Crippen LogP contribution in [0, 0.1) is 11.8 Å². The molecule has 272 valence electrons. The first kappa shape index (κ1) is 35.1. The second kappa shape index (κ2) is 14.1. The highest BCUT2D eigenvalue weighted by molar-refractivity contribution is 6.03. The summed E-state index contributed by atoms with van der Waals surface area (Å²) in [5, 5.41) is 8.93. The number of benzene rings is 3. The van der Waals surface area contributed by atoms with Gasteiger partial charge in [-0.05, 0) is 88.3 Å². The van der Waals surface area contributed by atoms with Gasteiger partial charge >= 0.3 is 5.69 Å². The monoisotopic (exact) mass is 727 g/mol. The summed E-state index contributed by atoms with van der Waals surface area (Å²) in [6.07, 6.45) is 5.85. The van der Waals surface area contributed by atoms with Crippen LogP contribution >= 0.6 is 0 Å². The maximum Gasteiger partial charge on any atom is 0.328 e. The van der Waals surface area contributed by atoms with E-state index in [-0.39, 0.29) is 48.0 Å². The molecule has 1 aliphatic heterocycles. The lowest BCUT2D eigenvalue weighted by Gasteiger charge is -2.21. The van der Waals surface area contributed by atoms with Gasteiger partial charge < -0.3 is 5.32 Å². The Morgan fingerprint density at radius 3 is 2.53 bits per heavy atom. The van der Waals surface area contributed by atoms with Crippen molar-refractivity contribution in [3.63, 3.8) is 0 Å². The molecule has 4 aromatic heterocycles. The van der Waals surface area contributed by atoms with Gasteiger partial charge in [-0.2, -0.15) is 0 Å². The van der Waals surface area contributed by atoms with Crippen molar-refractivity contribution in [2.24, 2.45) is 14.1 Å². The van der Waals surface area contributed by atoms with Crippen molar-refractivity contribution in [3.05, 3.63) is 124 Å². The summed E-state index contributed by atoms with van der Waals surface area (Å²) in [4.78, 5) is 63.6. The molecule has 0 spiro atoms. The van der Waals surface area contributed by atoms with Crippen LogP contribution in [0.15, 0.2) is 96.2 Å². The molecule has 55 heavy (non-hydrogen) atoms. The fourth-order valence-electron chi connectivity index (χ4n) is 7.40. The van der Waals surface area contributed by atoms with Gasteiger partial charge in [0.25, 0.3) is 5.91 Å². The molecule has 1 saturated heterocycles. The van der Waals surface area contributed by atoms with E-state index in [0.29, 0.717) is 17.7 Å². The van der Waals surface area contributed by atoms with Gasteiger partial charge in [0.05, 0.1) is 34.9 Å². The summed E-state index contributed by atoms with van der Waals surface area (Å²) in [6.45, 7) is 4.38. The first-order chi connectivity index (χ1) is 26.6. The SMILES string of the molecule is CC(C)c1cc(-c2cccc3cc(-c4ccc(C(=O)NCC#Cc5ccc6ccnc(C7CCC(=O)NC7=O)c6c5)nc4)ncc23)cc2c1n(C)c(=O)n2C. The molecule has 0 aliphatic carbocycles. The highest BCUT2D eigenvalue weighted by Gasteiger charge is 2.30. The third-order valence-electron chi connectivity index (χ3n) is 10.3. The number of nitrogens with one attached hydrogen (secondary N) is 2. The van der Waals surface area contributed by atoms with Crippen LogP contribution in [-0.4, -0.2) is 48.4 Å². The number of fused-ring (bicyclic) bond motifs is 3. The molecule has 1 unspecified atom stereocenters. The van der Waals surface area contributed by atoms with E-state index in [9.17, 15) is 19.2 Å². The average Bonchev–Trinajstić information content (AvgIpc) is 3.41. The third kappa shape index (κ3) is 6.52. The first-order valence-electron chi connectivity index (χ1n) is 18.1. The number of nitrogens with zero attached hydrogens (tertiary/aromatic N) is 5. The highest BCUT2D eigenvalue weighted by atomic mass is 16.2.